The van der Waals surface area contributed by atoms with Gasteiger partial charge < -0.3 is 10.1 Å². The maximum absolute atomic E-state index is 12.3. The van der Waals surface area contributed by atoms with Gasteiger partial charge in [0, 0.05) is 5.38 Å². The van der Waals surface area contributed by atoms with Crippen molar-refractivity contribution in [1.29, 1.82) is 0 Å². The number of nitrogens with one attached hydrogen (secondary N) is 1. The molecule has 0 saturated heterocycles. The number of benzene rings is 1. The Labute approximate surface area is 114 Å². The van der Waals surface area contributed by atoms with E-state index in [0.29, 0.717) is 5.69 Å². The summed E-state index contributed by atoms with van der Waals surface area (Å²) in [7, 11) is 0. The molecule has 1 aromatic carbocycles. The van der Waals surface area contributed by atoms with Crippen molar-refractivity contribution in [2.75, 3.05) is 5.32 Å². The molecule has 2 aromatic rings. The zero-order chi connectivity index (χ0) is 13.8. The van der Waals surface area contributed by atoms with Crippen LogP contribution in [-0.4, -0.2) is 11.6 Å². The standard InChI is InChI=1S/C13H14F2N2OS/c1-8(11-7-19-9(2)17-11)16-10-5-3-4-6-12(10)18-13(14)15/h3-8,13,16H,1-2H3. The van der Waals surface area contributed by atoms with E-state index in [0.717, 1.165) is 10.7 Å². The highest BCUT2D eigenvalue weighted by Gasteiger charge is 2.13. The lowest BCUT2D eigenvalue weighted by Crippen LogP contribution is -2.10. The molecule has 1 atom stereocenters. The Bertz CT molecular complexity index is 545. The van der Waals surface area contributed by atoms with Crippen molar-refractivity contribution in [3.05, 3.63) is 40.3 Å². The van der Waals surface area contributed by atoms with Gasteiger partial charge in [-0.3, -0.25) is 0 Å². The molecule has 0 aliphatic rings. The Morgan fingerprint density at radius 1 is 1.32 bits per heavy atom. The molecule has 1 aromatic heterocycles. The van der Waals surface area contributed by atoms with E-state index in [9.17, 15) is 8.78 Å². The lowest BCUT2D eigenvalue weighted by molar-refractivity contribution is -0.0493. The Morgan fingerprint density at radius 2 is 2.05 bits per heavy atom. The summed E-state index contributed by atoms with van der Waals surface area (Å²) in [6.07, 6.45) is 0. The second-order valence-electron chi connectivity index (χ2n) is 4.03. The molecule has 0 spiro atoms. The highest BCUT2D eigenvalue weighted by atomic mass is 32.1. The van der Waals surface area contributed by atoms with Crippen LogP contribution < -0.4 is 10.1 Å². The molecule has 3 nitrogen and oxygen atoms in total. The molecule has 0 fully saturated rings. The molecule has 0 aliphatic carbocycles. The van der Waals surface area contributed by atoms with Crippen molar-refractivity contribution >= 4 is 17.0 Å². The highest BCUT2D eigenvalue weighted by molar-refractivity contribution is 7.09. The number of alkyl halides is 2. The first-order chi connectivity index (χ1) is 9.06. The van der Waals surface area contributed by atoms with Crippen LogP contribution in [0.4, 0.5) is 14.5 Å². The number of rotatable bonds is 5. The third-order valence-corrected chi connectivity index (χ3v) is 3.35. The summed E-state index contributed by atoms with van der Waals surface area (Å²) in [5.74, 6) is 0.135. The molecule has 2 rings (SSSR count). The molecule has 1 unspecified atom stereocenters. The van der Waals surface area contributed by atoms with Crippen LogP contribution in [0.3, 0.4) is 0 Å². The first-order valence-corrected chi connectivity index (χ1v) is 6.66. The summed E-state index contributed by atoms with van der Waals surface area (Å²) in [6.45, 7) is 1.02. The fourth-order valence-electron chi connectivity index (χ4n) is 1.67. The van der Waals surface area contributed by atoms with Crippen LogP contribution in [0.1, 0.15) is 23.7 Å². The summed E-state index contributed by atoms with van der Waals surface area (Å²) < 4.78 is 29.1. The Hall–Kier alpha value is -1.69. The van der Waals surface area contributed by atoms with Gasteiger partial charge in [-0.25, -0.2) is 4.98 Å². The van der Waals surface area contributed by atoms with Crippen LogP contribution >= 0.6 is 11.3 Å². The molecule has 6 heteroatoms. The quantitative estimate of drug-likeness (QED) is 0.892. The van der Waals surface area contributed by atoms with Crippen LogP contribution in [0, 0.1) is 6.92 Å². The number of hydrogen-bond donors (Lipinski definition) is 1. The second kappa shape index (κ2) is 5.97. The van der Waals surface area contributed by atoms with Crippen LogP contribution in [0.25, 0.3) is 0 Å². The largest absolute Gasteiger partial charge is 0.433 e. The van der Waals surface area contributed by atoms with Gasteiger partial charge in [0.25, 0.3) is 0 Å². The predicted octanol–water partition coefficient (Wildman–Crippen LogP) is 4.23. The monoisotopic (exact) mass is 284 g/mol. The van der Waals surface area contributed by atoms with Crippen LogP contribution in [0.2, 0.25) is 0 Å². The summed E-state index contributed by atoms with van der Waals surface area (Å²) >= 11 is 1.56. The zero-order valence-corrected chi connectivity index (χ0v) is 11.4. The zero-order valence-electron chi connectivity index (χ0n) is 10.6. The third-order valence-electron chi connectivity index (χ3n) is 2.56. The molecule has 0 amide bonds. The number of halogens is 2. The van der Waals surface area contributed by atoms with E-state index in [4.69, 9.17) is 0 Å². The van der Waals surface area contributed by atoms with Crippen molar-refractivity contribution in [1.82, 2.24) is 4.98 Å². The lowest BCUT2D eigenvalue weighted by Gasteiger charge is -2.16. The number of anilines is 1. The molecule has 19 heavy (non-hydrogen) atoms. The SMILES string of the molecule is Cc1nc(C(C)Nc2ccccc2OC(F)F)cs1. The van der Waals surface area contributed by atoms with Gasteiger partial charge in [0.05, 0.1) is 22.4 Å². The molecule has 0 bridgehead atoms. The minimum absolute atomic E-state index is 0.0765. The summed E-state index contributed by atoms with van der Waals surface area (Å²) in [4.78, 5) is 4.36. The van der Waals surface area contributed by atoms with Crippen molar-refractivity contribution in [2.24, 2.45) is 0 Å². The van der Waals surface area contributed by atoms with Gasteiger partial charge in [0.15, 0.2) is 0 Å². The van der Waals surface area contributed by atoms with E-state index in [1.54, 1.807) is 29.5 Å². The average Bonchev–Trinajstić information content (AvgIpc) is 2.78. The topological polar surface area (TPSA) is 34.2 Å². The van der Waals surface area contributed by atoms with Gasteiger partial charge in [-0.2, -0.15) is 8.78 Å². The van der Waals surface area contributed by atoms with E-state index in [-0.39, 0.29) is 11.8 Å². The smallest absolute Gasteiger partial charge is 0.387 e. The van der Waals surface area contributed by atoms with Gasteiger partial charge in [-0.15, -0.1) is 11.3 Å². The maximum Gasteiger partial charge on any atom is 0.387 e. The average molecular weight is 284 g/mol. The number of nitrogens with zero attached hydrogens (tertiary/aromatic N) is 1. The fourth-order valence-corrected chi connectivity index (χ4v) is 2.38. The normalized spacial score (nSPS) is 12.5. The first-order valence-electron chi connectivity index (χ1n) is 5.78. The molecule has 0 saturated carbocycles. The highest BCUT2D eigenvalue weighted by Crippen LogP contribution is 2.29. The number of thiazole rings is 1. The van der Waals surface area contributed by atoms with Crippen molar-refractivity contribution in [3.63, 3.8) is 0 Å². The van der Waals surface area contributed by atoms with E-state index in [1.807, 2.05) is 19.2 Å². The molecule has 1 N–H and O–H groups in total. The Kier molecular flexibility index (Phi) is 4.31. The summed E-state index contributed by atoms with van der Waals surface area (Å²) in [5.41, 5.74) is 1.41. The lowest BCUT2D eigenvalue weighted by atomic mass is 10.2. The van der Waals surface area contributed by atoms with E-state index >= 15 is 0 Å². The number of hydrogen-bond acceptors (Lipinski definition) is 4. The van der Waals surface area contributed by atoms with Gasteiger partial charge in [-0.05, 0) is 26.0 Å². The fraction of sp³-hybridized carbons (Fsp3) is 0.308. The van der Waals surface area contributed by atoms with Crippen molar-refractivity contribution < 1.29 is 13.5 Å². The Balaban J connectivity index is 2.14. The minimum atomic E-state index is -2.83. The summed E-state index contributed by atoms with van der Waals surface area (Å²) in [5, 5.41) is 6.05. The number of para-hydroxylation sites is 2. The number of aryl methyl sites for hydroxylation is 1. The van der Waals surface area contributed by atoms with Crippen LogP contribution in [-0.2, 0) is 0 Å². The second-order valence-corrected chi connectivity index (χ2v) is 5.09. The molecule has 102 valence electrons. The van der Waals surface area contributed by atoms with Crippen molar-refractivity contribution in [3.8, 4) is 5.75 Å². The van der Waals surface area contributed by atoms with E-state index in [2.05, 4.69) is 15.0 Å². The predicted molar refractivity (Wildman–Crippen MR) is 72.0 cm³/mol. The van der Waals surface area contributed by atoms with Gasteiger partial charge in [0.1, 0.15) is 5.75 Å². The molecular weight excluding hydrogens is 270 g/mol. The maximum atomic E-state index is 12.3. The van der Waals surface area contributed by atoms with Crippen molar-refractivity contribution in [2.45, 2.75) is 26.5 Å². The minimum Gasteiger partial charge on any atom is -0.433 e. The summed E-state index contributed by atoms with van der Waals surface area (Å²) in [6, 6.07) is 6.55. The number of aromatic nitrogens is 1. The Morgan fingerprint density at radius 3 is 2.68 bits per heavy atom. The number of ether oxygens (including phenoxy) is 1. The van der Waals surface area contributed by atoms with Gasteiger partial charge in [0.2, 0.25) is 0 Å². The van der Waals surface area contributed by atoms with Crippen LogP contribution in [0.5, 0.6) is 5.75 Å². The molecular formula is C13H14F2N2OS. The van der Waals surface area contributed by atoms with Gasteiger partial charge >= 0.3 is 6.61 Å². The molecule has 0 aliphatic heterocycles. The third kappa shape index (κ3) is 3.64. The van der Waals surface area contributed by atoms with E-state index < -0.39 is 6.61 Å². The molecule has 1 heterocycles. The van der Waals surface area contributed by atoms with E-state index in [1.165, 1.54) is 6.07 Å². The first kappa shape index (κ1) is 13.7. The molecule has 0 radical (unpaired) electrons. The van der Waals surface area contributed by atoms with Gasteiger partial charge in [-0.1, -0.05) is 12.1 Å². The van der Waals surface area contributed by atoms with Crippen LogP contribution in [0.15, 0.2) is 29.6 Å².